The van der Waals surface area contributed by atoms with E-state index in [4.69, 9.17) is 13.9 Å². The average molecular weight is 414 g/mol. The molecular weight excluding hydrogens is 392 g/mol. The van der Waals surface area contributed by atoms with Crippen LogP contribution >= 0.6 is 0 Å². The highest BCUT2D eigenvalue weighted by Crippen LogP contribution is 2.32. The Morgan fingerprint density at radius 3 is 2.61 bits per heavy atom. The van der Waals surface area contributed by atoms with Crippen molar-refractivity contribution in [3.05, 3.63) is 78.5 Å². The van der Waals surface area contributed by atoms with Crippen molar-refractivity contribution in [1.29, 1.82) is 0 Å². The molecular formula is C24H22N4O3. The highest BCUT2D eigenvalue weighted by molar-refractivity contribution is 6.08. The van der Waals surface area contributed by atoms with Gasteiger partial charge in [-0.1, -0.05) is 24.3 Å². The summed E-state index contributed by atoms with van der Waals surface area (Å²) < 4.78 is 16.5. The quantitative estimate of drug-likeness (QED) is 0.407. The van der Waals surface area contributed by atoms with E-state index < -0.39 is 0 Å². The van der Waals surface area contributed by atoms with Gasteiger partial charge in [0.1, 0.15) is 23.1 Å². The van der Waals surface area contributed by atoms with Gasteiger partial charge in [-0.2, -0.15) is 0 Å². The zero-order valence-corrected chi connectivity index (χ0v) is 17.3. The zero-order valence-electron chi connectivity index (χ0n) is 17.3. The van der Waals surface area contributed by atoms with Crippen molar-refractivity contribution >= 4 is 27.8 Å². The van der Waals surface area contributed by atoms with Crippen LogP contribution in [0.2, 0.25) is 0 Å². The van der Waals surface area contributed by atoms with Crippen LogP contribution in [0.3, 0.4) is 0 Å². The Labute approximate surface area is 179 Å². The van der Waals surface area contributed by atoms with Crippen molar-refractivity contribution in [1.82, 2.24) is 15.0 Å². The molecule has 0 atom stereocenters. The van der Waals surface area contributed by atoms with Crippen molar-refractivity contribution in [2.45, 2.75) is 13.1 Å². The Bertz CT molecular complexity index is 1330. The average Bonchev–Trinajstić information content (AvgIpc) is 3.46. The van der Waals surface area contributed by atoms with E-state index in [1.165, 1.54) is 0 Å². The van der Waals surface area contributed by atoms with E-state index in [1.54, 1.807) is 26.8 Å². The van der Waals surface area contributed by atoms with Crippen LogP contribution in [0, 0.1) is 0 Å². The van der Waals surface area contributed by atoms with Gasteiger partial charge in [-0.05, 0) is 35.9 Å². The van der Waals surface area contributed by atoms with Crippen molar-refractivity contribution in [3.63, 3.8) is 0 Å². The normalized spacial score (nSPS) is 11.2. The van der Waals surface area contributed by atoms with Crippen LogP contribution in [0.15, 0.2) is 71.6 Å². The number of aromatic amines is 1. The first-order valence-corrected chi connectivity index (χ1v) is 9.96. The van der Waals surface area contributed by atoms with Crippen LogP contribution in [-0.2, 0) is 13.1 Å². The lowest BCUT2D eigenvalue weighted by Gasteiger charge is -2.23. The SMILES string of the molecule is COc1ccc(CN(Cc2ccco2)c2ncnc3c2[nH]c2ccccc23)cc1OC. The second kappa shape index (κ2) is 8.02. The van der Waals surface area contributed by atoms with Crippen molar-refractivity contribution in [2.75, 3.05) is 19.1 Å². The minimum Gasteiger partial charge on any atom is -0.493 e. The first-order valence-electron chi connectivity index (χ1n) is 9.96. The summed E-state index contributed by atoms with van der Waals surface area (Å²) in [6.07, 6.45) is 3.30. The summed E-state index contributed by atoms with van der Waals surface area (Å²) in [4.78, 5) is 14.8. The molecule has 0 saturated carbocycles. The van der Waals surface area contributed by atoms with Gasteiger partial charge in [-0.25, -0.2) is 9.97 Å². The first kappa shape index (κ1) is 19.0. The predicted octanol–water partition coefficient (Wildman–Crippen LogP) is 4.93. The summed E-state index contributed by atoms with van der Waals surface area (Å²) in [5.74, 6) is 3.05. The van der Waals surface area contributed by atoms with E-state index in [2.05, 4.69) is 25.9 Å². The lowest BCUT2D eigenvalue weighted by atomic mass is 10.1. The number of benzene rings is 2. The number of hydrogen-bond donors (Lipinski definition) is 1. The lowest BCUT2D eigenvalue weighted by Crippen LogP contribution is -2.23. The summed E-state index contributed by atoms with van der Waals surface area (Å²) in [5.41, 5.74) is 3.89. The molecule has 0 aliphatic rings. The molecule has 0 unspecified atom stereocenters. The fraction of sp³-hybridized carbons (Fsp3) is 0.167. The smallest absolute Gasteiger partial charge is 0.161 e. The van der Waals surface area contributed by atoms with E-state index >= 15 is 0 Å². The van der Waals surface area contributed by atoms with Gasteiger partial charge in [0.15, 0.2) is 17.3 Å². The maximum atomic E-state index is 5.64. The van der Waals surface area contributed by atoms with E-state index in [-0.39, 0.29) is 0 Å². The third-order valence-corrected chi connectivity index (χ3v) is 5.32. The van der Waals surface area contributed by atoms with Crippen LogP contribution in [-0.4, -0.2) is 29.2 Å². The van der Waals surface area contributed by atoms with Crippen LogP contribution in [0.4, 0.5) is 5.82 Å². The Balaban J connectivity index is 1.60. The van der Waals surface area contributed by atoms with Crippen molar-refractivity contribution in [3.8, 4) is 11.5 Å². The monoisotopic (exact) mass is 414 g/mol. The first-order chi connectivity index (χ1) is 15.3. The van der Waals surface area contributed by atoms with E-state index in [0.717, 1.165) is 39.1 Å². The third-order valence-electron chi connectivity index (χ3n) is 5.32. The number of rotatable bonds is 7. The number of H-pyrrole nitrogens is 1. The summed E-state index contributed by atoms with van der Waals surface area (Å²) in [5, 5.41) is 1.07. The van der Waals surface area contributed by atoms with Crippen LogP contribution < -0.4 is 14.4 Å². The predicted molar refractivity (Wildman–Crippen MR) is 120 cm³/mol. The van der Waals surface area contributed by atoms with Gasteiger partial charge >= 0.3 is 0 Å². The highest BCUT2D eigenvalue weighted by atomic mass is 16.5. The number of ether oxygens (including phenoxy) is 2. The molecule has 0 saturated heterocycles. The Morgan fingerprint density at radius 1 is 0.935 bits per heavy atom. The zero-order chi connectivity index (χ0) is 21.2. The maximum absolute atomic E-state index is 5.64. The molecule has 0 spiro atoms. The number of hydrogen-bond acceptors (Lipinski definition) is 6. The lowest BCUT2D eigenvalue weighted by molar-refractivity contribution is 0.354. The second-order valence-corrected chi connectivity index (χ2v) is 7.22. The van der Waals surface area contributed by atoms with E-state index in [9.17, 15) is 0 Å². The molecule has 0 fully saturated rings. The number of nitrogens with zero attached hydrogens (tertiary/aromatic N) is 3. The molecule has 0 bridgehead atoms. The summed E-state index contributed by atoms with van der Waals surface area (Å²) in [6, 6.07) is 17.9. The number of aromatic nitrogens is 3. The van der Waals surface area contributed by atoms with E-state index in [1.807, 2.05) is 48.5 Å². The van der Waals surface area contributed by atoms with Gasteiger partial charge in [0, 0.05) is 17.4 Å². The number of nitrogens with one attached hydrogen (secondary N) is 1. The molecule has 0 radical (unpaired) electrons. The topological polar surface area (TPSA) is 76.4 Å². The summed E-state index contributed by atoms with van der Waals surface area (Å²) in [7, 11) is 3.27. The molecule has 5 rings (SSSR count). The van der Waals surface area contributed by atoms with Gasteiger partial charge in [0.25, 0.3) is 0 Å². The molecule has 7 nitrogen and oxygen atoms in total. The molecule has 3 heterocycles. The largest absolute Gasteiger partial charge is 0.493 e. The molecule has 156 valence electrons. The number of anilines is 1. The van der Waals surface area contributed by atoms with Crippen molar-refractivity contribution in [2.24, 2.45) is 0 Å². The Morgan fingerprint density at radius 2 is 1.81 bits per heavy atom. The standard InChI is InChI=1S/C24H22N4O3/c1-29-20-10-9-16(12-21(20)30-2)13-28(14-17-6-5-11-31-17)24-23-22(25-15-26-24)18-7-3-4-8-19(18)27-23/h3-12,15,27H,13-14H2,1-2H3. The minimum absolute atomic E-state index is 0.558. The fourth-order valence-electron chi connectivity index (χ4n) is 3.86. The van der Waals surface area contributed by atoms with Gasteiger partial charge in [0.2, 0.25) is 0 Å². The number of fused-ring (bicyclic) bond motifs is 3. The Hall–Kier alpha value is -4.00. The summed E-state index contributed by atoms with van der Waals surface area (Å²) in [6.45, 7) is 1.16. The second-order valence-electron chi connectivity index (χ2n) is 7.22. The minimum atomic E-state index is 0.558. The molecule has 0 amide bonds. The van der Waals surface area contributed by atoms with Crippen LogP contribution in [0.1, 0.15) is 11.3 Å². The molecule has 1 N–H and O–H groups in total. The van der Waals surface area contributed by atoms with Crippen LogP contribution in [0.5, 0.6) is 11.5 Å². The van der Waals surface area contributed by atoms with Crippen molar-refractivity contribution < 1.29 is 13.9 Å². The van der Waals surface area contributed by atoms with Gasteiger partial charge in [-0.15, -0.1) is 0 Å². The van der Waals surface area contributed by atoms with Crippen LogP contribution in [0.25, 0.3) is 21.9 Å². The van der Waals surface area contributed by atoms with Gasteiger partial charge in [0.05, 0.1) is 27.0 Å². The number of para-hydroxylation sites is 1. The molecule has 5 aromatic rings. The van der Waals surface area contributed by atoms with E-state index in [0.29, 0.717) is 24.6 Å². The molecule has 2 aromatic carbocycles. The maximum Gasteiger partial charge on any atom is 0.161 e. The molecule has 0 aliphatic carbocycles. The number of furan rings is 1. The fourth-order valence-corrected chi connectivity index (χ4v) is 3.86. The molecule has 3 aromatic heterocycles. The molecule has 0 aliphatic heterocycles. The molecule has 31 heavy (non-hydrogen) atoms. The highest BCUT2D eigenvalue weighted by Gasteiger charge is 2.18. The van der Waals surface area contributed by atoms with Gasteiger partial charge in [-0.3, -0.25) is 0 Å². The third kappa shape index (κ3) is 3.54. The summed E-state index contributed by atoms with van der Waals surface area (Å²) >= 11 is 0. The molecule has 7 heteroatoms. The number of methoxy groups -OCH3 is 2. The van der Waals surface area contributed by atoms with Gasteiger partial charge < -0.3 is 23.8 Å². The Kier molecular flexibility index (Phi) is 4.92.